The van der Waals surface area contributed by atoms with Gasteiger partial charge in [-0.1, -0.05) is 50.3 Å². The second-order valence-corrected chi connectivity index (χ2v) is 10.9. The number of alkyl halides is 1. The summed E-state index contributed by atoms with van der Waals surface area (Å²) < 4.78 is 6.28. The maximum absolute atomic E-state index is 11.6. The van der Waals surface area contributed by atoms with Gasteiger partial charge in [0.15, 0.2) is 0 Å². The van der Waals surface area contributed by atoms with Crippen LogP contribution in [0, 0.1) is 0 Å². The molecular weight excluding hydrogens is 319 g/mol. The highest BCUT2D eigenvalue weighted by atomic mass is 127. The predicted molar refractivity (Wildman–Crippen MR) is 76.0 cm³/mol. The Balaban J connectivity index is 4.11. The molecule has 0 fully saturated rings. The smallest absolute Gasteiger partial charge is 0.292 e. The molecule has 15 heavy (non-hydrogen) atoms. The third-order valence-electron chi connectivity index (χ3n) is 3.01. The van der Waals surface area contributed by atoms with Gasteiger partial charge in [0.05, 0.1) is 0 Å². The van der Waals surface area contributed by atoms with E-state index in [1.807, 2.05) is 0 Å². The Morgan fingerprint density at radius 2 is 1.73 bits per heavy atom. The van der Waals surface area contributed by atoms with E-state index in [1.54, 1.807) is 0 Å². The molecule has 90 valence electrons. The molecule has 0 heterocycles. The van der Waals surface area contributed by atoms with Gasteiger partial charge in [0, 0.05) is 10.3 Å². The molecule has 0 saturated heterocycles. The van der Waals surface area contributed by atoms with E-state index in [2.05, 4.69) is 50.3 Å². The molecular formula is C11H23IO2Si. The number of hydrogen-bond acceptors (Lipinski definition) is 2. The van der Waals surface area contributed by atoms with Gasteiger partial charge < -0.3 is 4.43 Å². The van der Waals surface area contributed by atoms with Gasteiger partial charge in [-0.3, -0.25) is 4.79 Å². The Labute approximate surface area is 108 Å². The normalized spacial score (nSPS) is 13.7. The minimum absolute atomic E-state index is 0.0238. The summed E-state index contributed by atoms with van der Waals surface area (Å²) in [6.45, 7) is 8.56. The molecule has 0 radical (unpaired) electrons. The van der Waals surface area contributed by atoms with Crippen LogP contribution in [0.4, 0.5) is 0 Å². The summed E-state index contributed by atoms with van der Waals surface area (Å²) in [5, 5.41) is 0. The Kier molecular flexibility index (Phi) is 7.86. The highest BCUT2D eigenvalue weighted by molar-refractivity contribution is 14.1. The number of carbonyl (C=O) groups excluding carboxylic acids is 1. The first-order valence-electron chi connectivity index (χ1n) is 5.85. The molecule has 1 atom stereocenters. The van der Waals surface area contributed by atoms with Crippen molar-refractivity contribution in [2.45, 2.75) is 62.6 Å². The fraction of sp³-hybridized carbons (Fsp3) is 0.909. The zero-order valence-electron chi connectivity index (χ0n) is 10.3. The van der Waals surface area contributed by atoms with Crippen molar-refractivity contribution in [1.29, 1.82) is 0 Å². The SMILES string of the molecule is CC[Si](CC)(CC)OC(=O)CCC(C)I. The van der Waals surface area contributed by atoms with Crippen molar-refractivity contribution in [1.82, 2.24) is 0 Å². The average molecular weight is 342 g/mol. The second kappa shape index (κ2) is 7.65. The predicted octanol–water partition coefficient (Wildman–Crippen LogP) is 4.14. The van der Waals surface area contributed by atoms with Gasteiger partial charge in [-0.25, -0.2) is 0 Å². The number of halogens is 1. The van der Waals surface area contributed by atoms with Crippen LogP contribution in [0.1, 0.15) is 40.5 Å². The molecule has 1 unspecified atom stereocenters. The van der Waals surface area contributed by atoms with Crippen molar-refractivity contribution in [3.63, 3.8) is 0 Å². The lowest BCUT2D eigenvalue weighted by Gasteiger charge is -2.27. The molecule has 0 bridgehead atoms. The van der Waals surface area contributed by atoms with Crippen LogP contribution in [0.25, 0.3) is 0 Å². The fourth-order valence-electron chi connectivity index (χ4n) is 1.58. The number of hydrogen-bond donors (Lipinski definition) is 0. The van der Waals surface area contributed by atoms with Gasteiger partial charge in [0.1, 0.15) is 0 Å². The molecule has 0 rings (SSSR count). The van der Waals surface area contributed by atoms with Crippen LogP contribution >= 0.6 is 22.6 Å². The molecule has 0 spiro atoms. The van der Waals surface area contributed by atoms with E-state index >= 15 is 0 Å². The lowest BCUT2D eigenvalue weighted by molar-refractivity contribution is -0.135. The molecule has 0 N–H and O–H groups in total. The Bertz CT molecular complexity index is 183. The average Bonchev–Trinajstić information content (AvgIpc) is 2.23. The van der Waals surface area contributed by atoms with Crippen LogP contribution in [-0.4, -0.2) is 18.2 Å². The van der Waals surface area contributed by atoms with E-state index in [0.29, 0.717) is 10.3 Å². The van der Waals surface area contributed by atoms with Crippen LogP contribution in [0.2, 0.25) is 18.1 Å². The summed E-state index contributed by atoms with van der Waals surface area (Å²) >= 11 is 2.34. The zero-order chi connectivity index (χ0) is 11.9. The Hall–Kier alpha value is 0.417. The number of rotatable bonds is 7. The minimum atomic E-state index is -1.70. The van der Waals surface area contributed by atoms with Crippen LogP contribution in [0.3, 0.4) is 0 Å². The monoisotopic (exact) mass is 342 g/mol. The van der Waals surface area contributed by atoms with Gasteiger partial charge in [-0.2, -0.15) is 0 Å². The molecule has 0 aromatic heterocycles. The summed E-state index contributed by atoms with van der Waals surface area (Å²) in [5.41, 5.74) is 0. The molecule has 0 aliphatic heterocycles. The van der Waals surface area contributed by atoms with Crippen molar-refractivity contribution < 1.29 is 9.22 Å². The first-order chi connectivity index (χ1) is 6.99. The molecule has 4 heteroatoms. The van der Waals surface area contributed by atoms with Gasteiger partial charge in [-0.05, 0) is 24.6 Å². The van der Waals surface area contributed by atoms with Crippen molar-refractivity contribution in [3.8, 4) is 0 Å². The highest BCUT2D eigenvalue weighted by Crippen LogP contribution is 2.22. The molecule has 0 saturated carbocycles. The molecule has 0 aromatic rings. The van der Waals surface area contributed by atoms with E-state index in [4.69, 9.17) is 4.43 Å². The first-order valence-corrected chi connectivity index (χ1v) is 9.63. The summed E-state index contributed by atoms with van der Waals surface area (Å²) in [5.74, 6) is 0.0238. The van der Waals surface area contributed by atoms with E-state index in [-0.39, 0.29) is 5.97 Å². The topological polar surface area (TPSA) is 26.3 Å². The van der Waals surface area contributed by atoms with E-state index in [1.165, 1.54) is 0 Å². The Morgan fingerprint density at radius 1 is 1.27 bits per heavy atom. The molecule has 0 aromatic carbocycles. The third kappa shape index (κ3) is 5.90. The molecule has 2 nitrogen and oxygen atoms in total. The van der Waals surface area contributed by atoms with Crippen molar-refractivity contribution >= 4 is 36.9 Å². The minimum Gasteiger partial charge on any atom is -0.519 e. The molecule has 0 aliphatic carbocycles. The van der Waals surface area contributed by atoms with Gasteiger partial charge in [0.2, 0.25) is 0 Å². The molecule has 0 aliphatic rings. The lowest BCUT2D eigenvalue weighted by atomic mass is 10.3. The van der Waals surface area contributed by atoms with Crippen LogP contribution in [0.15, 0.2) is 0 Å². The second-order valence-electron chi connectivity index (χ2n) is 4.04. The van der Waals surface area contributed by atoms with Gasteiger partial charge >= 0.3 is 0 Å². The third-order valence-corrected chi connectivity index (χ3v) is 8.16. The summed E-state index contributed by atoms with van der Waals surface area (Å²) in [6, 6.07) is 3.14. The lowest BCUT2D eigenvalue weighted by Crippen LogP contribution is -2.38. The van der Waals surface area contributed by atoms with Crippen molar-refractivity contribution in [2.75, 3.05) is 0 Å². The summed E-state index contributed by atoms with van der Waals surface area (Å²) in [4.78, 5) is 11.6. The van der Waals surface area contributed by atoms with Crippen molar-refractivity contribution in [3.05, 3.63) is 0 Å². The van der Waals surface area contributed by atoms with Gasteiger partial charge in [-0.15, -0.1) is 0 Å². The first kappa shape index (κ1) is 15.4. The quantitative estimate of drug-likeness (QED) is 0.395. The molecule has 0 amide bonds. The zero-order valence-corrected chi connectivity index (χ0v) is 13.5. The summed E-state index contributed by atoms with van der Waals surface area (Å²) in [6.07, 6.45) is 1.51. The van der Waals surface area contributed by atoms with Crippen LogP contribution in [-0.2, 0) is 9.22 Å². The maximum atomic E-state index is 11.6. The maximum Gasteiger partial charge on any atom is 0.292 e. The van der Waals surface area contributed by atoms with Crippen LogP contribution < -0.4 is 0 Å². The van der Waals surface area contributed by atoms with Crippen molar-refractivity contribution in [2.24, 2.45) is 0 Å². The standard InChI is InChI=1S/C11H23IO2Si/c1-5-15(6-2,7-3)14-11(13)9-8-10(4)12/h10H,5-9H2,1-4H3. The Morgan fingerprint density at radius 3 is 2.07 bits per heavy atom. The van der Waals surface area contributed by atoms with E-state index in [0.717, 1.165) is 24.6 Å². The van der Waals surface area contributed by atoms with E-state index in [9.17, 15) is 4.79 Å². The van der Waals surface area contributed by atoms with Crippen LogP contribution in [0.5, 0.6) is 0 Å². The summed E-state index contributed by atoms with van der Waals surface area (Å²) in [7, 11) is -1.70. The number of carbonyl (C=O) groups is 1. The largest absolute Gasteiger partial charge is 0.519 e. The van der Waals surface area contributed by atoms with Gasteiger partial charge in [0.25, 0.3) is 14.3 Å². The highest BCUT2D eigenvalue weighted by Gasteiger charge is 2.32. The fourth-order valence-corrected chi connectivity index (χ4v) is 4.41. The van der Waals surface area contributed by atoms with E-state index < -0.39 is 8.32 Å².